The van der Waals surface area contributed by atoms with Crippen molar-refractivity contribution in [3.63, 3.8) is 0 Å². The monoisotopic (exact) mass is 343 g/mol. The van der Waals surface area contributed by atoms with Crippen LogP contribution in [0.4, 0.5) is 24.5 Å². The maximum absolute atomic E-state index is 13.6. The fourth-order valence-corrected chi connectivity index (χ4v) is 1.87. The van der Waals surface area contributed by atoms with Gasteiger partial charge in [-0.2, -0.15) is 8.78 Å². The van der Waals surface area contributed by atoms with Gasteiger partial charge < -0.3 is 14.8 Å². The molecular weight excluding hydrogens is 331 g/mol. The Labute approximate surface area is 134 Å². The average Bonchev–Trinajstić information content (AvgIpc) is 2.54. The summed E-state index contributed by atoms with van der Waals surface area (Å²) < 4.78 is 46.6. The number of ether oxygens (including phenoxy) is 2. The standard InChI is InChI=1S/C14H12F3N3O4/c1-23-13-5-11(12(20(21)22)4-10(13)15)19-6-8-2-3-9(7-18-8)24-14(16)17/h2-5,7,14,19H,6H2,1H3. The van der Waals surface area contributed by atoms with Crippen molar-refractivity contribution in [1.29, 1.82) is 0 Å². The smallest absolute Gasteiger partial charge is 0.387 e. The molecule has 0 aliphatic rings. The molecule has 0 bridgehead atoms. The maximum atomic E-state index is 13.6. The summed E-state index contributed by atoms with van der Waals surface area (Å²) in [6, 6.07) is 4.60. The second-order valence-electron chi connectivity index (χ2n) is 4.48. The fraction of sp³-hybridized carbons (Fsp3) is 0.214. The number of aromatic nitrogens is 1. The van der Waals surface area contributed by atoms with Crippen LogP contribution in [0, 0.1) is 15.9 Å². The number of hydrogen-bond acceptors (Lipinski definition) is 6. The van der Waals surface area contributed by atoms with E-state index in [4.69, 9.17) is 4.74 Å². The van der Waals surface area contributed by atoms with Crippen molar-refractivity contribution in [1.82, 2.24) is 4.98 Å². The molecule has 0 amide bonds. The second-order valence-corrected chi connectivity index (χ2v) is 4.48. The van der Waals surface area contributed by atoms with Crippen LogP contribution in [0.5, 0.6) is 11.5 Å². The van der Waals surface area contributed by atoms with Crippen LogP contribution in [0.1, 0.15) is 5.69 Å². The first-order valence-corrected chi connectivity index (χ1v) is 6.56. The summed E-state index contributed by atoms with van der Waals surface area (Å²) in [4.78, 5) is 14.1. The van der Waals surface area contributed by atoms with Gasteiger partial charge in [-0.3, -0.25) is 15.1 Å². The molecule has 0 aliphatic heterocycles. The SMILES string of the molecule is COc1cc(NCc2ccc(OC(F)F)cn2)c([N+](=O)[O-])cc1F. The maximum Gasteiger partial charge on any atom is 0.387 e. The molecule has 0 atom stereocenters. The molecule has 0 radical (unpaired) electrons. The molecule has 0 unspecified atom stereocenters. The lowest BCUT2D eigenvalue weighted by Gasteiger charge is -2.10. The third-order valence-electron chi connectivity index (χ3n) is 2.95. The summed E-state index contributed by atoms with van der Waals surface area (Å²) in [6.07, 6.45) is 1.10. The van der Waals surface area contributed by atoms with Gasteiger partial charge >= 0.3 is 6.61 Å². The molecular formula is C14H12F3N3O4. The van der Waals surface area contributed by atoms with Crippen LogP contribution >= 0.6 is 0 Å². The summed E-state index contributed by atoms with van der Waals surface area (Å²) >= 11 is 0. The summed E-state index contributed by atoms with van der Waals surface area (Å²) in [7, 11) is 1.23. The summed E-state index contributed by atoms with van der Waals surface area (Å²) in [5.74, 6) is -1.12. The highest BCUT2D eigenvalue weighted by Gasteiger charge is 2.19. The number of pyridine rings is 1. The molecule has 24 heavy (non-hydrogen) atoms. The lowest BCUT2D eigenvalue weighted by atomic mass is 10.2. The summed E-state index contributed by atoms with van der Waals surface area (Å²) in [5, 5.41) is 13.7. The summed E-state index contributed by atoms with van der Waals surface area (Å²) in [6.45, 7) is -2.91. The van der Waals surface area contributed by atoms with Gasteiger partial charge in [-0.1, -0.05) is 0 Å². The van der Waals surface area contributed by atoms with Crippen molar-refractivity contribution < 1.29 is 27.6 Å². The van der Waals surface area contributed by atoms with Crippen molar-refractivity contribution in [2.24, 2.45) is 0 Å². The molecule has 0 aliphatic carbocycles. The van der Waals surface area contributed by atoms with Crippen molar-refractivity contribution in [2.45, 2.75) is 13.2 Å². The normalized spacial score (nSPS) is 10.5. The van der Waals surface area contributed by atoms with Gasteiger partial charge in [0.2, 0.25) is 0 Å². The quantitative estimate of drug-likeness (QED) is 0.613. The number of rotatable bonds is 7. The predicted octanol–water partition coefficient (Wildman–Crippen LogP) is 3.35. The average molecular weight is 343 g/mol. The molecule has 2 rings (SSSR count). The Morgan fingerprint density at radius 3 is 2.67 bits per heavy atom. The lowest BCUT2D eigenvalue weighted by molar-refractivity contribution is -0.384. The Balaban J connectivity index is 2.14. The third-order valence-corrected chi connectivity index (χ3v) is 2.95. The highest BCUT2D eigenvalue weighted by Crippen LogP contribution is 2.32. The Kier molecular flexibility index (Phi) is 5.40. The number of methoxy groups -OCH3 is 1. The van der Waals surface area contributed by atoms with Crippen molar-refractivity contribution in [3.05, 3.63) is 52.1 Å². The Bertz CT molecular complexity index is 726. The van der Waals surface area contributed by atoms with E-state index in [1.807, 2.05) is 0 Å². The van der Waals surface area contributed by atoms with Gasteiger partial charge in [-0.15, -0.1) is 0 Å². The molecule has 2 aromatic rings. The van der Waals surface area contributed by atoms with Gasteiger partial charge in [0, 0.05) is 6.07 Å². The number of nitrogens with zero attached hydrogens (tertiary/aromatic N) is 2. The van der Waals surface area contributed by atoms with E-state index in [-0.39, 0.29) is 23.7 Å². The highest BCUT2D eigenvalue weighted by molar-refractivity contribution is 5.64. The third kappa shape index (κ3) is 4.24. The van der Waals surface area contributed by atoms with Crippen LogP contribution in [-0.4, -0.2) is 23.6 Å². The molecule has 1 aromatic carbocycles. The number of benzene rings is 1. The minimum atomic E-state index is -2.95. The van der Waals surface area contributed by atoms with Gasteiger partial charge in [0.1, 0.15) is 11.4 Å². The number of hydrogen-bond donors (Lipinski definition) is 1. The van der Waals surface area contributed by atoms with Crippen LogP contribution < -0.4 is 14.8 Å². The Hall–Kier alpha value is -3.04. The van der Waals surface area contributed by atoms with Gasteiger partial charge in [0.05, 0.1) is 36.5 Å². The van der Waals surface area contributed by atoms with Gasteiger partial charge in [0.15, 0.2) is 11.6 Å². The minimum Gasteiger partial charge on any atom is -0.494 e. The molecule has 10 heteroatoms. The van der Waals surface area contributed by atoms with E-state index in [2.05, 4.69) is 15.0 Å². The molecule has 1 N–H and O–H groups in total. The van der Waals surface area contributed by atoms with Crippen LogP contribution in [0.3, 0.4) is 0 Å². The molecule has 128 valence electrons. The van der Waals surface area contributed by atoms with Crippen LogP contribution in [-0.2, 0) is 6.54 Å². The molecule has 1 aromatic heterocycles. The van der Waals surface area contributed by atoms with Crippen molar-refractivity contribution in [2.75, 3.05) is 12.4 Å². The molecule has 7 nitrogen and oxygen atoms in total. The van der Waals surface area contributed by atoms with E-state index < -0.39 is 23.0 Å². The molecule has 0 saturated carbocycles. The van der Waals surface area contributed by atoms with E-state index in [9.17, 15) is 23.3 Å². The number of halogens is 3. The lowest BCUT2D eigenvalue weighted by Crippen LogP contribution is -2.06. The molecule has 0 saturated heterocycles. The zero-order chi connectivity index (χ0) is 17.7. The molecule has 1 heterocycles. The predicted molar refractivity (Wildman–Crippen MR) is 77.8 cm³/mol. The number of nitro benzene ring substituents is 1. The summed E-state index contributed by atoms with van der Waals surface area (Å²) in [5.41, 5.74) is -0.0203. The zero-order valence-electron chi connectivity index (χ0n) is 12.3. The Morgan fingerprint density at radius 1 is 1.38 bits per heavy atom. The van der Waals surface area contributed by atoms with Gasteiger partial charge in [-0.25, -0.2) is 4.39 Å². The zero-order valence-corrected chi connectivity index (χ0v) is 12.3. The number of nitro groups is 1. The highest BCUT2D eigenvalue weighted by atomic mass is 19.3. The number of anilines is 1. The van der Waals surface area contributed by atoms with Crippen LogP contribution in [0.15, 0.2) is 30.5 Å². The van der Waals surface area contributed by atoms with Crippen LogP contribution in [0.25, 0.3) is 0 Å². The second kappa shape index (κ2) is 7.49. The van der Waals surface area contributed by atoms with Gasteiger partial charge in [0.25, 0.3) is 5.69 Å². The first-order chi connectivity index (χ1) is 11.4. The molecule has 0 spiro atoms. The van der Waals surface area contributed by atoms with Crippen molar-refractivity contribution in [3.8, 4) is 11.5 Å². The van der Waals surface area contributed by atoms with E-state index in [0.29, 0.717) is 5.69 Å². The van der Waals surface area contributed by atoms with E-state index in [0.717, 1.165) is 18.3 Å². The fourth-order valence-electron chi connectivity index (χ4n) is 1.87. The number of alkyl halides is 2. The first-order valence-electron chi connectivity index (χ1n) is 6.56. The van der Waals surface area contributed by atoms with E-state index >= 15 is 0 Å². The Morgan fingerprint density at radius 2 is 2.12 bits per heavy atom. The van der Waals surface area contributed by atoms with E-state index in [1.54, 1.807) is 0 Å². The van der Waals surface area contributed by atoms with Crippen molar-refractivity contribution >= 4 is 11.4 Å². The first kappa shape index (κ1) is 17.3. The van der Waals surface area contributed by atoms with Crippen LogP contribution in [0.2, 0.25) is 0 Å². The molecule has 0 fully saturated rings. The number of nitrogens with one attached hydrogen (secondary N) is 1. The minimum absolute atomic E-state index is 0.0351. The topological polar surface area (TPSA) is 86.5 Å². The van der Waals surface area contributed by atoms with Gasteiger partial charge in [-0.05, 0) is 12.1 Å². The van der Waals surface area contributed by atoms with E-state index in [1.165, 1.54) is 19.2 Å². The largest absolute Gasteiger partial charge is 0.494 e.